The second kappa shape index (κ2) is 5.99. The topological polar surface area (TPSA) is 66.9 Å². The van der Waals surface area contributed by atoms with Gasteiger partial charge in [-0.15, -0.1) is 17.5 Å². The number of nitrogens with one attached hydrogen (secondary N) is 2. The van der Waals surface area contributed by atoms with Crippen molar-refractivity contribution >= 4 is 41.2 Å². The van der Waals surface area contributed by atoms with Crippen molar-refractivity contribution in [1.29, 1.82) is 0 Å². The Morgan fingerprint density at radius 1 is 1.42 bits per heavy atom. The molecule has 0 bridgehead atoms. The summed E-state index contributed by atoms with van der Waals surface area (Å²) >= 11 is 1.17. The number of halogens is 1. The molecule has 2 aromatic rings. The highest BCUT2D eigenvalue weighted by atomic mass is 35.5. The van der Waals surface area contributed by atoms with E-state index in [-0.39, 0.29) is 18.3 Å². The van der Waals surface area contributed by atoms with Gasteiger partial charge in [0.1, 0.15) is 0 Å². The molecule has 1 aliphatic rings. The third kappa shape index (κ3) is 3.02. The number of anilines is 2. The fourth-order valence-corrected chi connectivity index (χ4v) is 2.45. The van der Waals surface area contributed by atoms with Crippen LogP contribution >= 0.6 is 23.9 Å². The van der Waals surface area contributed by atoms with Crippen molar-refractivity contribution in [2.75, 3.05) is 17.2 Å². The molecule has 0 spiro atoms. The number of rotatable bonds is 2. The normalized spacial score (nSPS) is 12.8. The summed E-state index contributed by atoms with van der Waals surface area (Å²) in [5, 5.41) is 11.5. The Bertz CT molecular complexity index is 573. The summed E-state index contributed by atoms with van der Waals surface area (Å²) in [5.41, 5.74) is 3.57. The first-order valence-electron chi connectivity index (χ1n) is 5.78. The molecule has 0 atom stereocenters. The third-order valence-electron chi connectivity index (χ3n) is 2.89. The van der Waals surface area contributed by atoms with Crippen LogP contribution in [0.15, 0.2) is 23.6 Å². The Morgan fingerprint density at radius 2 is 2.32 bits per heavy atom. The van der Waals surface area contributed by atoms with Crippen LogP contribution in [0, 0.1) is 0 Å². The zero-order valence-electron chi connectivity index (χ0n) is 10.0. The molecule has 19 heavy (non-hydrogen) atoms. The van der Waals surface area contributed by atoms with Crippen molar-refractivity contribution in [3.8, 4) is 0 Å². The number of nitrogens with zero attached hydrogens (tertiary/aromatic N) is 2. The molecule has 5 nitrogen and oxygen atoms in total. The molecular formula is C12H13ClN4OS. The smallest absolute Gasteiger partial charge is 0.277 e. The van der Waals surface area contributed by atoms with Crippen LogP contribution in [-0.2, 0) is 6.42 Å². The Balaban J connectivity index is 0.00000133. The second-order valence-corrected chi connectivity index (χ2v) is 4.76. The molecule has 1 aromatic heterocycles. The van der Waals surface area contributed by atoms with E-state index in [4.69, 9.17) is 0 Å². The van der Waals surface area contributed by atoms with Crippen LogP contribution < -0.4 is 10.6 Å². The minimum Gasteiger partial charge on any atom is -0.385 e. The number of carbonyl (C=O) groups excluding carboxylic acids is 1. The molecule has 0 saturated heterocycles. The molecule has 2 N–H and O–H groups in total. The lowest BCUT2D eigenvalue weighted by atomic mass is 10.0. The molecule has 7 heteroatoms. The predicted molar refractivity (Wildman–Crippen MR) is 78.4 cm³/mol. The molecular weight excluding hydrogens is 284 g/mol. The van der Waals surface area contributed by atoms with Crippen molar-refractivity contribution in [3.63, 3.8) is 0 Å². The lowest BCUT2D eigenvalue weighted by Crippen LogP contribution is -2.15. The second-order valence-electron chi connectivity index (χ2n) is 4.15. The van der Waals surface area contributed by atoms with E-state index >= 15 is 0 Å². The molecule has 0 aliphatic carbocycles. The van der Waals surface area contributed by atoms with Gasteiger partial charge in [0.15, 0.2) is 5.69 Å². The summed E-state index contributed by atoms with van der Waals surface area (Å²) in [5.74, 6) is -0.215. The first-order valence-corrected chi connectivity index (χ1v) is 6.62. The van der Waals surface area contributed by atoms with Crippen molar-refractivity contribution in [1.82, 2.24) is 9.59 Å². The summed E-state index contributed by atoms with van der Waals surface area (Å²) in [4.78, 5) is 11.8. The zero-order chi connectivity index (χ0) is 12.4. The van der Waals surface area contributed by atoms with Gasteiger partial charge in [-0.25, -0.2) is 0 Å². The molecule has 1 aromatic carbocycles. The Morgan fingerprint density at radius 3 is 3.11 bits per heavy atom. The van der Waals surface area contributed by atoms with Crippen molar-refractivity contribution < 1.29 is 4.79 Å². The Hall–Kier alpha value is -1.66. The van der Waals surface area contributed by atoms with Gasteiger partial charge in [0.05, 0.1) is 0 Å². The highest BCUT2D eigenvalue weighted by Crippen LogP contribution is 2.25. The molecule has 100 valence electrons. The summed E-state index contributed by atoms with van der Waals surface area (Å²) in [6.07, 6.45) is 2.17. The first-order chi connectivity index (χ1) is 8.83. The summed E-state index contributed by atoms with van der Waals surface area (Å²) < 4.78 is 3.68. The maximum absolute atomic E-state index is 11.8. The molecule has 2 heterocycles. The van der Waals surface area contributed by atoms with Crippen LogP contribution in [0.4, 0.5) is 11.4 Å². The van der Waals surface area contributed by atoms with Crippen LogP contribution in [-0.4, -0.2) is 22.0 Å². The number of amides is 1. The molecule has 1 amide bonds. The average molecular weight is 297 g/mol. The zero-order valence-corrected chi connectivity index (χ0v) is 11.7. The number of hydrogen-bond donors (Lipinski definition) is 2. The van der Waals surface area contributed by atoms with Gasteiger partial charge < -0.3 is 10.6 Å². The number of hydrogen-bond acceptors (Lipinski definition) is 5. The predicted octanol–water partition coefficient (Wildman–Crippen LogP) is 2.57. The third-order valence-corrected chi connectivity index (χ3v) is 3.40. The van der Waals surface area contributed by atoms with E-state index in [0.29, 0.717) is 5.69 Å². The van der Waals surface area contributed by atoms with Gasteiger partial charge in [0, 0.05) is 23.3 Å². The number of fused-ring (bicyclic) bond motifs is 1. The Kier molecular flexibility index (Phi) is 4.34. The van der Waals surface area contributed by atoms with Crippen LogP contribution in [0.5, 0.6) is 0 Å². The van der Waals surface area contributed by atoms with Crippen molar-refractivity contribution in [3.05, 3.63) is 34.8 Å². The molecule has 0 saturated carbocycles. The quantitative estimate of drug-likeness (QED) is 0.894. The van der Waals surface area contributed by atoms with E-state index in [1.807, 2.05) is 18.2 Å². The standard InChI is InChI=1S/C12H12N4OS.ClH/c17-12(11-7-18-16-15-11)14-9-3-4-10-8(6-9)2-1-5-13-10;/h3-4,6-7,13H,1-2,5H2,(H,14,17);1H. The van der Waals surface area contributed by atoms with E-state index in [1.165, 1.54) is 17.1 Å². The van der Waals surface area contributed by atoms with Gasteiger partial charge in [0.2, 0.25) is 0 Å². The van der Waals surface area contributed by atoms with Crippen molar-refractivity contribution in [2.24, 2.45) is 0 Å². The van der Waals surface area contributed by atoms with Gasteiger partial charge in [-0.3, -0.25) is 4.79 Å². The van der Waals surface area contributed by atoms with Crippen LogP contribution in [0.25, 0.3) is 0 Å². The highest BCUT2D eigenvalue weighted by Gasteiger charge is 2.12. The molecule has 0 radical (unpaired) electrons. The average Bonchev–Trinajstić information content (AvgIpc) is 2.92. The minimum absolute atomic E-state index is 0. The fourth-order valence-electron chi connectivity index (χ4n) is 2.01. The summed E-state index contributed by atoms with van der Waals surface area (Å²) in [6.45, 7) is 1.02. The SMILES string of the molecule is Cl.O=C(Nc1ccc2c(c1)CCCN2)c1csnn1. The summed E-state index contributed by atoms with van der Waals surface area (Å²) in [7, 11) is 0. The maximum atomic E-state index is 11.8. The van der Waals surface area contributed by atoms with Gasteiger partial charge in [0.25, 0.3) is 5.91 Å². The summed E-state index contributed by atoms with van der Waals surface area (Å²) in [6, 6.07) is 5.91. The maximum Gasteiger partial charge on any atom is 0.277 e. The van der Waals surface area contributed by atoms with Crippen LogP contribution in [0.1, 0.15) is 22.5 Å². The van der Waals surface area contributed by atoms with Gasteiger partial charge in [-0.1, -0.05) is 4.49 Å². The molecule has 0 fully saturated rings. The largest absolute Gasteiger partial charge is 0.385 e. The van der Waals surface area contributed by atoms with Crippen LogP contribution in [0.2, 0.25) is 0 Å². The lowest BCUT2D eigenvalue weighted by Gasteiger charge is -2.18. The fraction of sp³-hybridized carbons (Fsp3) is 0.250. The van der Waals surface area contributed by atoms with E-state index < -0.39 is 0 Å². The van der Waals surface area contributed by atoms with Crippen LogP contribution in [0.3, 0.4) is 0 Å². The van der Waals surface area contributed by atoms with Gasteiger partial charge in [-0.2, -0.15) is 0 Å². The van der Waals surface area contributed by atoms with E-state index in [1.54, 1.807) is 5.38 Å². The molecule has 0 unspecified atom stereocenters. The molecule has 3 rings (SSSR count). The minimum atomic E-state index is -0.215. The number of aromatic nitrogens is 2. The number of aryl methyl sites for hydroxylation is 1. The molecule has 1 aliphatic heterocycles. The van der Waals surface area contributed by atoms with E-state index in [9.17, 15) is 4.79 Å². The monoisotopic (exact) mass is 296 g/mol. The van der Waals surface area contributed by atoms with Gasteiger partial charge in [-0.05, 0) is 48.1 Å². The Labute approximate surface area is 121 Å². The number of benzene rings is 1. The van der Waals surface area contributed by atoms with Gasteiger partial charge >= 0.3 is 0 Å². The van der Waals surface area contributed by atoms with E-state index in [0.717, 1.165) is 30.8 Å². The van der Waals surface area contributed by atoms with E-state index in [2.05, 4.69) is 20.2 Å². The highest BCUT2D eigenvalue weighted by molar-refractivity contribution is 7.03. The van der Waals surface area contributed by atoms with Crippen molar-refractivity contribution in [2.45, 2.75) is 12.8 Å². The first kappa shape index (κ1) is 13.8. The number of carbonyl (C=O) groups is 1. The lowest BCUT2D eigenvalue weighted by molar-refractivity contribution is 0.102.